The zero-order chi connectivity index (χ0) is 10.4. The fourth-order valence-corrected chi connectivity index (χ4v) is 1.21. The Kier molecular flexibility index (Phi) is 4.32. The van der Waals surface area contributed by atoms with Gasteiger partial charge in [-0.05, 0) is 6.07 Å². The van der Waals surface area contributed by atoms with Crippen LogP contribution in [0.2, 0.25) is 0 Å². The highest BCUT2D eigenvalue weighted by Crippen LogP contribution is 2.16. The molecule has 1 N–H and O–H groups in total. The van der Waals surface area contributed by atoms with E-state index in [1.54, 1.807) is 7.11 Å². The lowest BCUT2D eigenvalue weighted by atomic mass is 10.2. The minimum Gasteiger partial charge on any atom is -0.496 e. The highest BCUT2D eigenvalue weighted by Gasteiger charge is 2.02. The molecule has 1 aromatic rings. The van der Waals surface area contributed by atoms with E-state index in [2.05, 4.69) is 17.9 Å². The Balaban J connectivity index is 2.61. The van der Waals surface area contributed by atoms with Gasteiger partial charge in [0.1, 0.15) is 5.75 Å². The molecule has 0 aliphatic rings. The Morgan fingerprint density at radius 2 is 2.21 bits per heavy atom. The number of nitrogens with one attached hydrogen (secondary N) is 1. The molecule has 0 saturated heterocycles. The number of carbonyl (C=O) groups is 1. The molecule has 14 heavy (non-hydrogen) atoms. The summed E-state index contributed by atoms with van der Waals surface area (Å²) in [5.41, 5.74) is 0.963. The van der Waals surface area contributed by atoms with Gasteiger partial charge in [-0.15, -0.1) is 0 Å². The van der Waals surface area contributed by atoms with Crippen molar-refractivity contribution in [2.45, 2.75) is 6.54 Å². The van der Waals surface area contributed by atoms with Crippen LogP contribution < -0.4 is 10.1 Å². The summed E-state index contributed by atoms with van der Waals surface area (Å²) in [6.45, 7) is 0.476. The van der Waals surface area contributed by atoms with Crippen molar-refractivity contribution < 1.29 is 9.53 Å². The maximum Gasteiger partial charge on any atom is 0.229 e. The van der Waals surface area contributed by atoms with Gasteiger partial charge in [-0.2, -0.15) is 12.6 Å². The van der Waals surface area contributed by atoms with Crippen LogP contribution in [0.3, 0.4) is 0 Å². The zero-order valence-corrected chi connectivity index (χ0v) is 8.88. The summed E-state index contributed by atoms with van der Waals surface area (Å²) in [7, 11) is 1.61. The molecule has 0 fully saturated rings. The number of rotatable bonds is 4. The largest absolute Gasteiger partial charge is 0.496 e. The van der Waals surface area contributed by atoms with Gasteiger partial charge in [0.15, 0.2) is 0 Å². The summed E-state index contributed by atoms with van der Waals surface area (Å²) in [4.78, 5) is 11.0. The fourth-order valence-electron chi connectivity index (χ4n) is 1.10. The molecule has 4 heteroatoms. The molecular weight excluding hydrogens is 198 g/mol. The van der Waals surface area contributed by atoms with Crippen LogP contribution in [0, 0.1) is 0 Å². The van der Waals surface area contributed by atoms with Crippen LogP contribution in [0.1, 0.15) is 5.56 Å². The molecule has 0 radical (unpaired) electrons. The lowest BCUT2D eigenvalue weighted by Gasteiger charge is -2.08. The van der Waals surface area contributed by atoms with E-state index in [0.29, 0.717) is 6.54 Å². The van der Waals surface area contributed by atoms with Crippen LogP contribution in [0.4, 0.5) is 0 Å². The van der Waals surface area contributed by atoms with E-state index >= 15 is 0 Å². The molecule has 0 aliphatic carbocycles. The monoisotopic (exact) mass is 211 g/mol. The molecule has 76 valence electrons. The average Bonchev–Trinajstić information content (AvgIpc) is 2.26. The number of para-hydroxylation sites is 1. The first kappa shape index (κ1) is 10.9. The average molecular weight is 211 g/mol. The number of hydrogen-bond donors (Lipinski definition) is 2. The number of carbonyl (C=O) groups excluding carboxylic acids is 1. The molecule has 0 unspecified atom stereocenters. The number of benzene rings is 1. The maximum absolute atomic E-state index is 11.0. The predicted molar refractivity (Wildman–Crippen MR) is 58.7 cm³/mol. The van der Waals surface area contributed by atoms with Crippen molar-refractivity contribution in [2.75, 3.05) is 12.9 Å². The fraction of sp³-hybridized carbons (Fsp3) is 0.300. The Morgan fingerprint density at radius 1 is 1.50 bits per heavy atom. The number of methoxy groups -OCH3 is 1. The second-order valence-electron chi connectivity index (χ2n) is 2.75. The quantitative estimate of drug-likeness (QED) is 0.735. The van der Waals surface area contributed by atoms with E-state index in [4.69, 9.17) is 4.74 Å². The Hall–Kier alpha value is -1.16. The van der Waals surface area contributed by atoms with E-state index in [1.807, 2.05) is 24.3 Å². The molecule has 1 rings (SSSR count). The molecule has 0 heterocycles. The predicted octanol–water partition coefficient (Wildman–Crippen LogP) is 1.24. The van der Waals surface area contributed by atoms with E-state index < -0.39 is 0 Å². The Morgan fingerprint density at radius 3 is 2.86 bits per heavy atom. The number of amides is 1. The standard InChI is InChI=1S/C10H13NO2S/c1-13-9-5-3-2-4-8(9)6-11-10(12)7-14/h2-5,14H,6-7H2,1H3,(H,11,12). The van der Waals surface area contributed by atoms with Gasteiger partial charge in [0, 0.05) is 12.1 Å². The van der Waals surface area contributed by atoms with Crippen molar-refractivity contribution in [3.8, 4) is 5.75 Å². The van der Waals surface area contributed by atoms with Gasteiger partial charge >= 0.3 is 0 Å². The smallest absolute Gasteiger partial charge is 0.229 e. The van der Waals surface area contributed by atoms with Gasteiger partial charge in [-0.1, -0.05) is 18.2 Å². The van der Waals surface area contributed by atoms with E-state index in [9.17, 15) is 4.79 Å². The summed E-state index contributed by atoms with van der Waals surface area (Å²) < 4.78 is 5.14. The lowest BCUT2D eigenvalue weighted by Crippen LogP contribution is -2.23. The molecule has 3 nitrogen and oxygen atoms in total. The maximum atomic E-state index is 11.0. The number of thiol groups is 1. The molecule has 0 aromatic heterocycles. The van der Waals surface area contributed by atoms with E-state index in [-0.39, 0.29) is 11.7 Å². The second-order valence-corrected chi connectivity index (χ2v) is 3.06. The molecule has 0 aliphatic heterocycles. The summed E-state index contributed by atoms with van der Waals surface area (Å²) in [5, 5.41) is 2.73. The lowest BCUT2D eigenvalue weighted by molar-refractivity contribution is -0.118. The topological polar surface area (TPSA) is 38.3 Å². The number of ether oxygens (including phenoxy) is 1. The van der Waals surface area contributed by atoms with Crippen molar-refractivity contribution in [3.63, 3.8) is 0 Å². The van der Waals surface area contributed by atoms with Gasteiger partial charge in [-0.25, -0.2) is 0 Å². The van der Waals surface area contributed by atoms with Crippen LogP contribution in [0.15, 0.2) is 24.3 Å². The van der Waals surface area contributed by atoms with Gasteiger partial charge in [0.2, 0.25) is 5.91 Å². The molecule has 1 amide bonds. The van der Waals surface area contributed by atoms with Crippen molar-refractivity contribution >= 4 is 18.5 Å². The third-order valence-corrected chi connectivity index (χ3v) is 2.10. The van der Waals surface area contributed by atoms with Crippen LogP contribution in [-0.2, 0) is 11.3 Å². The van der Waals surface area contributed by atoms with Crippen LogP contribution in [-0.4, -0.2) is 18.8 Å². The minimum atomic E-state index is -0.0840. The Bertz CT molecular complexity index is 315. The first-order valence-corrected chi connectivity index (χ1v) is 4.90. The summed E-state index contributed by atoms with van der Waals surface area (Å²) >= 11 is 3.87. The first-order chi connectivity index (χ1) is 6.77. The van der Waals surface area contributed by atoms with E-state index in [1.165, 1.54) is 0 Å². The van der Waals surface area contributed by atoms with Crippen LogP contribution in [0.5, 0.6) is 5.75 Å². The van der Waals surface area contributed by atoms with Crippen molar-refractivity contribution in [1.82, 2.24) is 5.32 Å². The summed E-state index contributed by atoms with van der Waals surface area (Å²) in [6.07, 6.45) is 0. The highest BCUT2D eigenvalue weighted by atomic mass is 32.1. The molecule has 0 spiro atoms. The minimum absolute atomic E-state index is 0.0840. The highest BCUT2D eigenvalue weighted by molar-refractivity contribution is 7.81. The molecule has 0 saturated carbocycles. The Labute approximate surface area is 88.9 Å². The van der Waals surface area contributed by atoms with Gasteiger partial charge < -0.3 is 10.1 Å². The van der Waals surface area contributed by atoms with Gasteiger partial charge in [0.05, 0.1) is 12.9 Å². The van der Waals surface area contributed by atoms with Crippen LogP contribution in [0.25, 0.3) is 0 Å². The van der Waals surface area contributed by atoms with Gasteiger partial charge in [0.25, 0.3) is 0 Å². The number of hydrogen-bond acceptors (Lipinski definition) is 3. The molecule has 0 atom stereocenters. The molecule has 0 bridgehead atoms. The second kappa shape index (κ2) is 5.54. The SMILES string of the molecule is COc1ccccc1CNC(=O)CS. The molecular formula is C10H13NO2S. The summed E-state index contributed by atoms with van der Waals surface area (Å²) in [6, 6.07) is 7.58. The summed E-state index contributed by atoms with van der Waals surface area (Å²) in [5.74, 6) is 0.904. The third kappa shape index (κ3) is 2.96. The zero-order valence-electron chi connectivity index (χ0n) is 7.99. The van der Waals surface area contributed by atoms with Crippen LogP contribution >= 0.6 is 12.6 Å². The third-order valence-electron chi connectivity index (χ3n) is 1.81. The molecule has 1 aromatic carbocycles. The van der Waals surface area contributed by atoms with Crippen molar-refractivity contribution in [1.29, 1.82) is 0 Å². The van der Waals surface area contributed by atoms with E-state index in [0.717, 1.165) is 11.3 Å². The first-order valence-electron chi connectivity index (χ1n) is 4.27. The van der Waals surface area contributed by atoms with Crippen molar-refractivity contribution in [2.24, 2.45) is 0 Å². The van der Waals surface area contributed by atoms with Crippen molar-refractivity contribution in [3.05, 3.63) is 29.8 Å². The normalized spacial score (nSPS) is 9.57. The van der Waals surface area contributed by atoms with Gasteiger partial charge in [-0.3, -0.25) is 4.79 Å².